The van der Waals surface area contributed by atoms with Crippen LogP contribution in [0.4, 0.5) is 0 Å². The summed E-state index contributed by atoms with van der Waals surface area (Å²) < 4.78 is 33.1. The zero-order chi connectivity index (χ0) is 33.6. The van der Waals surface area contributed by atoms with Crippen LogP contribution in [0.1, 0.15) is 45.6 Å². The van der Waals surface area contributed by atoms with Crippen molar-refractivity contribution in [3.63, 3.8) is 0 Å². The molecule has 2 fully saturated rings. The molecule has 0 amide bonds. The zero-order valence-corrected chi connectivity index (χ0v) is 25.9. The third-order valence-electron chi connectivity index (χ3n) is 8.19. The van der Waals surface area contributed by atoms with Crippen LogP contribution in [-0.4, -0.2) is 106 Å². The van der Waals surface area contributed by atoms with Crippen molar-refractivity contribution in [3.8, 4) is 5.75 Å². The Morgan fingerprint density at radius 1 is 1.04 bits per heavy atom. The molecule has 254 valence electrons. The molecule has 5 N–H and O–H groups in total. The Balaban J connectivity index is 1.40. The van der Waals surface area contributed by atoms with Crippen molar-refractivity contribution < 1.29 is 68.3 Å². The first-order valence-electron chi connectivity index (χ1n) is 15.1. The summed E-state index contributed by atoms with van der Waals surface area (Å²) in [4.78, 5) is 36.2. The Hall–Kier alpha value is -3.53. The molecule has 46 heavy (non-hydrogen) atoms. The van der Waals surface area contributed by atoms with Crippen LogP contribution in [0.2, 0.25) is 0 Å². The average Bonchev–Trinajstić information content (AvgIpc) is 3.36. The zero-order valence-electron chi connectivity index (χ0n) is 25.9. The van der Waals surface area contributed by atoms with Gasteiger partial charge in [-0.2, -0.15) is 0 Å². The monoisotopic (exact) mass is 650 g/mol. The van der Waals surface area contributed by atoms with Crippen molar-refractivity contribution in [2.75, 3.05) is 19.8 Å². The van der Waals surface area contributed by atoms with Gasteiger partial charge in [0.15, 0.2) is 6.29 Å². The number of aliphatic hydroxyl groups is 4. The number of ether oxygens (including phenoxy) is 6. The second-order valence-corrected chi connectivity index (χ2v) is 12.2. The summed E-state index contributed by atoms with van der Waals surface area (Å²) >= 11 is 0. The van der Waals surface area contributed by atoms with Crippen molar-refractivity contribution in [2.24, 2.45) is 17.8 Å². The highest BCUT2D eigenvalue weighted by atomic mass is 16.7. The molecular formula is C32H42O14. The minimum atomic E-state index is -1.69. The summed E-state index contributed by atoms with van der Waals surface area (Å²) in [6, 6.07) is 6.09. The van der Waals surface area contributed by atoms with E-state index in [1.54, 1.807) is 12.1 Å². The Morgan fingerprint density at radius 2 is 1.76 bits per heavy atom. The smallest absolute Gasteiger partial charge is 0.330 e. The molecule has 1 aromatic carbocycles. The van der Waals surface area contributed by atoms with Crippen molar-refractivity contribution in [2.45, 2.75) is 82.6 Å². The molecule has 0 aromatic heterocycles. The molecular weight excluding hydrogens is 608 g/mol. The SMILES string of the molecule is CC(=O)OC[C@@]1(O)CC[C@@H]2C(CO[C@@H]3O[C@H](COC(=O)/C=C/c4ccc(O)cc4)[C@@H](O)[C@H](O)[C@H]3O)=CO[C@H](OC(=O)CC(C)C)[C@@H]21. The predicted molar refractivity (Wildman–Crippen MR) is 157 cm³/mol. The van der Waals surface area contributed by atoms with Crippen LogP contribution in [0.25, 0.3) is 6.08 Å². The molecule has 2 heterocycles. The first kappa shape index (κ1) is 35.3. The second kappa shape index (κ2) is 15.4. The highest BCUT2D eigenvalue weighted by molar-refractivity contribution is 5.87. The van der Waals surface area contributed by atoms with Crippen molar-refractivity contribution >= 4 is 24.0 Å². The molecule has 1 aliphatic carbocycles. The largest absolute Gasteiger partial charge is 0.508 e. The lowest BCUT2D eigenvalue weighted by atomic mass is 9.81. The molecule has 0 bridgehead atoms. The van der Waals surface area contributed by atoms with E-state index in [-0.39, 0.29) is 37.7 Å². The fourth-order valence-electron chi connectivity index (χ4n) is 5.79. The number of phenols is 1. The number of aromatic hydroxyl groups is 1. The van der Waals surface area contributed by atoms with Gasteiger partial charge in [0, 0.05) is 19.4 Å². The number of benzene rings is 1. The molecule has 1 saturated heterocycles. The molecule has 0 spiro atoms. The normalized spacial score (nSPS) is 32.4. The van der Waals surface area contributed by atoms with E-state index < -0.39 is 78.9 Å². The van der Waals surface area contributed by atoms with Gasteiger partial charge in [-0.25, -0.2) is 4.79 Å². The number of esters is 3. The Morgan fingerprint density at radius 3 is 2.43 bits per heavy atom. The maximum Gasteiger partial charge on any atom is 0.330 e. The standard InChI is InChI=1S/C32H42O14/c1-17(2)12-25(36)46-30-26-22(10-11-32(26,40)16-44-18(3)33)20(13-42-30)14-43-31-29(39)28(38)27(37)23(45-31)15-41-24(35)9-6-19-4-7-21(34)8-5-19/h4-9,13,17,22-23,26-31,34,37-40H,10-12,14-16H2,1-3H3/b9-6+/t22-,23-,26-,27-,28+,29-,30-,31-,32+/m1/s1. The molecule has 14 heteroatoms. The van der Waals surface area contributed by atoms with E-state index in [2.05, 4.69) is 0 Å². The van der Waals surface area contributed by atoms with Gasteiger partial charge in [-0.3, -0.25) is 9.59 Å². The average molecular weight is 651 g/mol. The van der Waals surface area contributed by atoms with Gasteiger partial charge < -0.3 is 54.0 Å². The third-order valence-corrected chi connectivity index (χ3v) is 8.19. The van der Waals surface area contributed by atoms with Crippen LogP contribution >= 0.6 is 0 Å². The van der Waals surface area contributed by atoms with Gasteiger partial charge in [0.05, 0.1) is 18.8 Å². The lowest BCUT2D eigenvalue weighted by molar-refractivity contribution is -0.300. The van der Waals surface area contributed by atoms with Crippen molar-refractivity contribution in [3.05, 3.63) is 47.7 Å². The number of hydrogen-bond acceptors (Lipinski definition) is 14. The van der Waals surface area contributed by atoms with E-state index >= 15 is 0 Å². The highest BCUT2D eigenvalue weighted by Crippen LogP contribution is 2.49. The molecule has 0 unspecified atom stereocenters. The van der Waals surface area contributed by atoms with Crippen LogP contribution in [0, 0.1) is 17.8 Å². The molecule has 3 aliphatic rings. The minimum absolute atomic E-state index is 0.0278. The van der Waals surface area contributed by atoms with Crippen LogP contribution in [0.3, 0.4) is 0 Å². The highest BCUT2D eigenvalue weighted by Gasteiger charge is 2.57. The summed E-state index contributed by atoms with van der Waals surface area (Å²) in [6.07, 6.45) is -4.09. The number of phenolic OH excluding ortho intramolecular Hbond substituents is 1. The van der Waals surface area contributed by atoms with Crippen LogP contribution in [0.15, 0.2) is 42.2 Å². The number of carbonyl (C=O) groups excluding carboxylic acids is 3. The Labute approximate surface area is 266 Å². The fraction of sp³-hybridized carbons (Fsp3) is 0.594. The predicted octanol–water partition coefficient (Wildman–Crippen LogP) is 0.923. The number of hydrogen-bond donors (Lipinski definition) is 5. The molecule has 1 aromatic rings. The van der Waals surface area contributed by atoms with Gasteiger partial charge in [-0.1, -0.05) is 26.0 Å². The number of carbonyl (C=O) groups is 3. The lowest BCUT2D eigenvalue weighted by Crippen LogP contribution is -2.59. The first-order valence-corrected chi connectivity index (χ1v) is 15.1. The summed E-state index contributed by atoms with van der Waals surface area (Å²) in [5, 5.41) is 52.4. The van der Waals surface area contributed by atoms with E-state index in [4.69, 9.17) is 28.4 Å². The van der Waals surface area contributed by atoms with Gasteiger partial charge in [-0.05, 0) is 54.0 Å². The van der Waals surface area contributed by atoms with Crippen LogP contribution in [-0.2, 0) is 42.8 Å². The van der Waals surface area contributed by atoms with Gasteiger partial charge in [-0.15, -0.1) is 0 Å². The number of fused-ring (bicyclic) bond motifs is 1. The summed E-state index contributed by atoms with van der Waals surface area (Å²) in [6.45, 7) is 3.93. The minimum Gasteiger partial charge on any atom is -0.508 e. The molecule has 2 aliphatic heterocycles. The molecule has 9 atom stereocenters. The Bertz CT molecular complexity index is 1280. The van der Waals surface area contributed by atoms with E-state index in [1.165, 1.54) is 31.4 Å². The third kappa shape index (κ3) is 8.84. The maximum absolute atomic E-state index is 12.5. The van der Waals surface area contributed by atoms with Gasteiger partial charge in [0.25, 0.3) is 0 Å². The van der Waals surface area contributed by atoms with Gasteiger partial charge >= 0.3 is 17.9 Å². The second-order valence-electron chi connectivity index (χ2n) is 12.2. The van der Waals surface area contributed by atoms with E-state index in [0.717, 1.165) is 6.08 Å². The van der Waals surface area contributed by atoms with Crippen molar-refractivity contribution in [1.29, 1.82) is 0 Å². The van der Waals surface area contributed by atoms with Gasteiger partial charge in [0.1, 0.15) is 49.0 Å². The number of aliphatic hydroxyl groups excluding tert-OH is 3. The molecule has 0 radical (unpaired) electrons. The van der Waals surface area contributed by atoms with E-state index in [9.17, 15) is 39.9 Å². The van der Waals surface area contributed by atoms with Crippen LogP contribution < -0.4 is 0 Å². The molecule has 1 saturated carbocycles. The number of rotatable bonds is 12. The van der Waals surface area contributed by atoms with E-state index in [1.807, 2.05) is 13.8 Å². The molecule has 14 nitrogen and oxygen atoms in total. The van der Waals surface area contributed by atoms with Gasteiger partial charge in [0.2, 0.25) is 6.29 Å². The van der Waals surface area contributed by atoms with Crippen molar-refractivity contribution in [1.82, 2.24) is 0 Å². The summed E-state index contributed by atoms with van der Waals surface area (Å²) in [7, 11) is 0. The first-order chi connectivity index (χ1) is 21.8. The Kier molecular flexibility index (Phi) is 11.8. The fourth-order valence-corrected chi connectivity index (χ4v) is 5.79. The molecule has 4 rings (SSSR count). The maximum atomic E-state index is 12.5. The van der Waals surface area contributed by atoms with Crippen LogP contribution in [0.5, 0.6) is 5.75 Å². The topological polar surface area (TPSA) is 208 Å². The quantitative estimate of drug-likeness (QED) is 0.121. The summed E-state index contributed by atoms with van der Waals surface area (Å²) in [5.41, 5.74) is -0.407. The summed E-state index contributed by atoms with van der Waals surface area (Å²) in [5.74, 6) is -2.99. The lowest BCUT2D eigenvalue weighted by Gasteiger charge is -2.41. The van der Waals surface area contributed by atoms with E-state index in [0.29, 0.717) is 17.6 Å².